The lowest BCUT2D eigenvalue weighted by atomic mass is 9.87. The number of rotatable bonds is 8. The van der Waals surface area contributed by atoms with E-state index in [0.29, 0.717) is 22.5 Å². The van der Waals surface area contributed by atoms with E-state index in [0.717, 1.165) is 16.1 Å². The summed E-state index contributed by atoms with van der Waals surface area (Å²) in [6.45, 7) is 7.18. The monoisotopic (exact) mass is 521 g/mol. The Labute approximate surface area is 217 Å². The molecule has 0 fully saturated rings. The lowest BCUT2D eigenvalue weighted by Crippen LogP contribution is -2.37. The summed E-state index contributed by atoms with van der Waals surface area (Å²) in [5.41, 5.74) is 2.99. The Kier molecular flexibility index (Phi) is 8.18. The molecule has 0 atom stereocenters. The van der Waals surface area contributed by atoms with Gasteiger partial charge in [-0.25, -0.2) is 8.42 Å². The van der Waals surface area contributed by atoms with Crippen LogP contribution in [-0.2, 0) is 20.2 Å². The molecule has 0 heterocycles. The minimum atomic E-state index is -3.81. The first kappa shape index (κ1) is 27.6. The molecule has 2 N–H and O–H groups in total. The Morgan fingerprint density at radius 2 is 1.41 bits per heavy atom. The second-order valence-corrected chi connectivity index (χ2v) is 11.7. The van der Waals surface area contributed by atoms with Gasteiger partial charge in [-0.05, 0) is 60.4 Å². The standard InChI is InChI=1S/C28H31N3O5S/c1-19(32)21-8-6-11-25(16-21)31(37(5,35)36)18-26(33)29-23-9-7-10-24(17-23)30-27(34)20-12-14-22(15-13-20)28(2,3)4/h6-17H,18H2,1-5H3,(H,29,33)(H,30,34). The van der Waals surface area contributed by atoms with Crippen molar-refractivity contribution in [1.29, 1.82) is 0 Å². The molecular formula is C28H31N3O5S. The topological polar surface area (TPSA) is 113 Å². The van der Waals surface area contributed by atoms with Crippen molar-refractivity contribution in [3.8, 4) is 0 Å². The zero-order valence-electron chi connectivity index (χ0n) is 21.5. The van der Waals surface area contributed by atoms with Crippen LogP contribution in [0.5, 0.6) is 0 Å². The van der Waals surface area contributed by atoms with Gasteiger partial charge in [0.25, 0.3) is 5.91 Å². The number of anilines is 3. The predicted octanol–water partition coefficient (Wildman–Crippen LogP) is 4.84. The molecule has 0 aromatic heterocycles. The van der Waals surface area contributed by atoms with Gasteiger partial charge in [0.05, 0.1) is 11.9 Å². The van der Waals surface area contributed by atoms with Gasteiger partial charge >= 0.3 is 0 Å². The van der Waals surface area contributed by atoms with Gasteiger partial charge in [0.15, 0.2) is 5.78 Å². The molecule has 0 saturated carbocycles. The molecule has 37 heavy (non-hydrogen) atoms. The summed E-state index contributed by atoms with van der Waals surface area (Å²) >= 11 is 0. The Bertz CT molecular complexity index is 1420. The number of Topliss-reactive ketones (excluding diaryl/α,β-unsaturated/α-hetero) is 1. The Morgan fingerprint density at radius 3 is 1.97 bits per heavy atom. The van der Waals surface area contributed by atoms with Gasteiger partial charge in [0, 0.05) is 22.5 Å². The van der Waals surface area contributed by atoms with Crippen LogP contribution in [0.2, 0.25) is 0 Å². The van der Waals surface area contributed by atoms with Gasteiger partial charge in [-0.1, -0.05) is 51.1 Å². The molecule has 0 unspecified atom stereocenters. The molecule has 3 aromatic rings. The highest BCUT2D eigenvalue weighted by atomic mass is 32.2. The number of hydrogen-bond donors (Lipinski definition) is 2. The van der Waals surface area contributed by atoms with Gasteiger partial charge in [0.1, 0.15) is 6.54 Å². The Balaban J connectivity index is 1.71. The first-order chi connectivity index (χ1) is 17.2. The van der Waals surface area contributed by atoms with Crippen molar-refractivity contribution in [2.45, 2.75) is 33.1 Å². The molecule has 0 saturated heterocycles. The van der Waals surface area contributed by atoms with Gasteiger partial charge < -0.3 is 10.6 Å². The lowest BCUT2D eigenvalue weighted by Gasteiger charge is -2.22. The van der Waals surface area contributed by atoms with Crippen molar-refractivity contribution in [3.63, 3.8) is 0 Å². The number of hydrogen-bond acceptors (Lipinski definition) is 5. The fourth-order valence-electron chi connectivity index (χ4n) is 3.61. The summed E-state index contributed by atoms with van der Waals surface area (Å²) in [7, 11) is -3.81. The third kappa shape index (κ3) is 7.50. The minimum absolute atomic E-state index is 0.0234. The molecule has 3 rings (SSSR count). The fourth-order valence-corrected chi connectivity index (χ4v) is 4.46. The van der Waals surface area contributed by atoms with Crippen molar-refractivity contribution in [3.05, 3.63) is 89.5 Å². The highest BCUT2D eigenvalue weighted by Gasteiger charge is 2.22. The Morgan fingerprint density at radius 1 is 0.811 bits per heavy atom. The van der Waals surface area contributed by atoms with Crippen LogP contribution in [0.1, 0.15) is 54.0 Å². The molecule has 2 amide bonds. The van der Waals surface area contributed by atoms with Crippen LogP contribution >= 0.6 is 0 Å². The number of amides is 2. The second-order valence-electron chi connectivity index (χ2n) is 9.79. The van der Waals surface area contributed by atoms with Gasteiger partial charge in [-0.2, -0.15) is 0 Å². The quantitative estimate of drug-likeness (QED) is 0.412. The summed E-state index contributed by atoms with van der Waals surface area (Å²) in [5.74, 6) is -1.10. The highest BCUT2D eigenvalue weighted by Crippen LogP contribution is 2.23. The number of sulfonamides is 1. The summed E-state index contributed by atoms with van der Waals surface area (Å²) in [6, 6.07) is 20.0. The van der Waals surface area contributed by atoms with E-state index in [2.05, 4.69) is 31.4 Å². The molecule has 0 aliphatic carbocycles. The van der Waals surface area contributed by atoms with Crippen LogP contribution in [0.3, 0.4) is 0 Å². The zero-order valence-corrected chi connectivity index (χ0v) is 22.3. The van der Waals surface area contributed by atoms with Gasteiger partial charge in [-0.3, -0.25) is 18.7 Å². The van der Waals surface area contributed by atoms with E-state index in [9.17, 15) is 22.8 Å². The molecule has 3 aromatic carbocycles. The van der Waals surface area contributed by atoms with Crippen molar-refractivity contribution in [2.75, 3.05) is 27.7 Å². The van der Waals surface area contributed by atoms with Crippen LogP contribution in [0, 0.1) is 0 Å². The van der Waals surface area contributed by atoms with E-state index in [4.69, 9.17) is 0 Å². The average Bonchev–Trinajstić information content (AvgIpc) is 2.81. The first-order valence-electron chi connectivity index (χ1n) is 11.6. The smallest absolute Gasteiger partial charge is 0.255 e. The Hall–Kier alpha value is -3.98. The number of carbonyl (C=O) groups excluding carboxylic acids is 3. The summed E-state index contributed by atoms with van der Waals surface area (Å²) in [4.78, 5) is 37.2. The second kappa shape index (κ2) is 11.0. The summed E-state index contributed by atoms with van der Waals surface area (Å²) < 4.78 is 25.7. The van der Waals surface area contributed by atoms with E-state index in [1.807, 2.05) is 12.1 Å². The number of benzene rings is 3. The number of carbonyl (C=O) groups is 3. The van der Waals surface area contributed by atoms with Crippen molar-refractivity contribution in [2.24, 2.45) is 0 Å². The number of ketones is 1. The van der Waals surface area contributed by atoms with E-state index in [-0.39, 0.29) is 22.8 Å². The van der Waals surface area contributed by atoms with Crippen molar-refractivity contribution in [1.82, 2.24) is 0 Å². The number of nitrogens with one attached hydrogen (secondary N) is 2. The van der Waals surface area contributed by atoms with Gasteiger partial charge in [-0.15, -0.1) is 0 Å². The molecular weight excluding hydrogens is 490 g/mol. The van der Waals surface area contributed by atoms with E-state index < -0.39 is 22.5 Å². The third-order valence-corrected chi connectivity index (χ3v) is 6.79. The molecule has 0 aliphatic heterocycles. The van der Waals surface area contributed by atoms with Crippen LogP contribution in [0.25, 0.3) is 0 Å². The fraction of sp³-hybridized carbons (Fsp3) is 0.250. The minimum Gasteiger partial charge on any atom is -0.324 e. The summed E-state index contributed by atoms with van der Waals surface area (Å²) in [5, 5.41) is 5.48. The van der Waals surface area contributed by atoms with E-state index in [1.165, 1.54) is 19.1 Å². The van der Waals surface area contributed by atoms with Crippen LogP contribution in [-0.4, -0.2) is 38.8 Å². The molecule has 0 spiro atoms. The third-order valence-electron chi connectivity index (χ3n) is 5.65. The van der Waals surface area contributed by atoms with E-state index in [1.54, 1.807) is 48.5 Å². The molecule has 194 valence electrons. The first-order valence-corrected chi connectivity index (χ1v) is 13.5. The van der Waals surface area contributed by atoms with Crippen LogP contribution < -0.4 is 14.9 Å². The van der Waals surface area contributed by atoms with E-state index >= 15 is 0 Å². The van der Waals surface area contributed by atoms with Crippen molar-refractivity contribution < 1.29 is 22.8 Å². The summed E-state index contributed by atoms with van der Waals surface area (Å²) in [6.07, 6.45) is 0.991. The van der Waals surface area contributed by atoms with Crippen molar-refractivity contribution >= 4 is 44.7 Å². The SMILES string of the molecule is CC(=O)c1cccc(N(CC(=O)Nc2cccc(NC(=O)c3ccc(C(C)(C)C)cc3)c2)S(C)(=O)=O)c1. The maximum atomic E-state index is 12.8. The maximum absolute atomic E-state index is 12.8. The molecule has 8 nitrogen and oxygen atoms in total. The average molecular weight is 522 g/mol. The van der Waals surface area contributed by atoms with Crippen LogP contribution in [0.4, 0.5) is 17.1 Å². The predicted molar refractivity (Wildman–Crippen MR) is 147 cm³/mol. The van der Waals surface area contributed by atoms with Crippen LogP contribution in [0.15, 0.2) is 72.8 Å². The number of nitrogens with zero attached hydrogens (tertiary/aromatic N) is 1. The molecule has 9 heteroatoms. The molecule has 0 bridgehead atoms. The largest absolute Gasteiger partial charge is 0.324 e. The maximum Gasteiger partial charge on any atom is 0.255 e. The lowest BCUT2D eigenvalue weighted by molar-refractivity contribution is -0.114. The molecule has 0 aliphatic rings. The zero-order chi connectivity index (χ0) is 27.4. The molecule has 0 radical (unpaired) electrons. The highest BCUT2D eigenvalue weighted by molar-refractivity contribution is 7.92. The normalized spacial score (nSPS) is 11.5. The van der Waals surface area contributed by atoms with Gasteiger partial charge in [0.2, 0.25) is 15.9 Å².